The summed E-state index contributed by atoms with van der Waals surface area (Å²) < 4.78 is 14.1. The van der Waals surface area contributed by atoms with Crippen molar-refractivity contribution in [1.29, 1.82) is 0 Å². The minimum atomic E-state index is -1.04. The maximum atomic E-state index is 11.5. The molecule has 0 aliphatic carbocycles. The molecule has 2 unspecified atom stereocenters. The highest BCUT2D eigenvalue weighted by molar-refractivity contribution is 5.92. The van der Waals surface area contributed by atoms with Crippen LogP contribution in [-0.4, -0.2) is 74.1 Å². The predicted octanol–water partition coefficient (Wildman–Crippen LogP) is 3.01. The number of nitrogens with one attached hydrogen (secondary N) is 1. The van der Waals surface area contributed by atoms with Crippen molar-refractivity contribution >= 4 is 23.1 Å². The highest BCUT2D eigenvalue weighted by Crippen LogP contribution is 2.34. The number of carbonyl (C=O) groups excluding carboxylic acids is 1. The van der Waals surface area contributed by atoms with Gasteiger partial charge in [-0.1, -0.05) is 0 Å². The molecule has 11 nitrogen and oxygen atoms in total. The molecular weight excluding hydrogens is 522 g/mol. The van der Waals surface area contributed by atoms with Gasteiger partial charge in [-0.05, 0) is 56.7 Å². The number of aryl methyl sites for hydroxylation is 1. The van der Waals surface area contributed by atoms with Gasteiger partial charge in [0, 0.05) is 54.6 Å². The van der Waals surface area contributed by atoms with E-state index < -0.39 is 11.5 Å². The van der Waals surface area contributed by atoms with Crippen LogP contribution in [0.15, 0.2) is 55.0 Å². The Bertz CT molecular complexity index is 1550. The lowest BCUT2D eigenvalue weighted by Gasteiger charge is -2.40. The summed E-state index contributed by atoms with van der Waals surface area (Å²) in [5.74, 6) is 1.35. The monoisotopic (exact) mass is 557 g/mol. The molecule has 4 aromatic rings. The van der Waals surface area contributed by atoms with E-state index in [1.807, 2.05) is 42.4 Å². The molecule has 41 heavy (non-hydrogen) atoms. The summed E-state index contributed by atoms with van der Waals surface area (Å²) in [7, 11) is 0. The Morgan fingerprint density at radius 3 is 2.61 bits per heavy atom. The van der Waals surface area contributed by atoms with Crippen LogP contribution in [-0.2, 0) is 4.74 Å². The van der Waals surface area contributed by atoms with Crippen LogP contribution in [0.3, 0.4) is 0 Å². The Morgan fingerprint density at radius 1 is 1.15 bits per heavy atom. The van der Waals surface area contributed by atoms with Crippen molar-refractivity contribution in [3.05, 3.63) is 66.2 Å². The number of nitrogens with zero attached hydrogens (tertiary/aromatic N) is 5. The molecule has 4 aromatic heterocycles. The number of pyridine rings is 3. The van der Waals surface area contributed by atoms with Crippen molar-refractivity contribution in [3.63, 3.8) is 0 Å². The van der Waals surface area contributed by atoms with E-state index in [0.717, 1.165) is 40.9 Å². The SMILES string of the molecule is Cc1cc(-c2ccn3nc(N(CC(C)(C)O)c4ccc(C(N)=O)cn4)cc3c2)c(OC2CC3COCC(C2)N3)cn1. The summed E-state index contributed by atoms with van der Waals surface area (Å²) in [6.07, 6.45) is 7.02. The number of carbonyl (C=O) groups is 1. The first-order valence-electron chi connectivity index (χ1n) is 13.8. The average molecular weight is 558 g/mol. The Morgan fingerprint density at radius 2 is 1.93 bits per heavy atom. The molecule has 11 heteroatoms. The molecular formula is C30H35N7O4. The number of nitrogens with two attached hydrogens (primary N) is 1. The van der Waals surface area contributed by atoms with Gasteiger partial charge in [0.05, 0.1) is 42.6 Å². The number of hydrogen-bond acceptors (Lipinski definition) is 9. The Kier molecular flexibility index (Phi) is 7.10. The van der Waals surface area contributed by atoms with Gasteiger partial charge in [0.15, 0.2) is 5.82 Å². The maximum Gasteiger partial charge on any atom is 0.250 e. The molecule has 4 N–H and O–H groups in total. The number of aliphatic hydroxyl groups is 1. The van der Waals surface area contributed by atoms with Gasteiger partial charge in [0.2, 0.25) is 5.91 Å². The summed E-state index contributed by atoms with van der Waals surface area (Å²) in [5.41, 5.74) is 8.38. The van der Waals surface area contributed by atoms with Crippen LogP contribution in [0.5, 0.6) is 5.75 Å². The molecule has 2 fully saturated rings. The number of rotatable bonds is 8. The fraction of sp³-hybridized carbons (Fsp3) is 0.400. The number of morpholine rings is 1. The van der Waals surface area contributed by atoms with Crippen molar-refractivity contribution in [2.75, 3.05) is 24.7 Å². The van der Waals surface area contributed by atoms with E-state index in [9.17, 15) is 9.90 Å². The summed E-state index contributed by atoms with van der Waals surface area (Å²) in [5, 5.41) is 19.0. The molecule has 2 atom stereocenters. The minimum absolute atomic E-state index is 0.0903. The first-order valence-corrected chi connectivity index (χ1v) is 13.8. The van der Waals surface area contributed by atoms with Crippen molar-refractivity contribution in [2.24, 2.45) is 5.73 Å². The zero-order valence-electron chi connectivity index (χ0n) is 23.4. The molecule has 6 rings (SSSR count). The summed E-state index contributed by atoms with van der Waals surface area (Å²) >= 11 is 0. The van der Waals surface area contributed by atoms with E-state index in [1.54, 1.807) is 30.5 Å². The largest absolute Gasteiger partial charge is 0.488 e. The number of amides is 1. The van der Waals surface area contributed by atoms with E-state index in [1.165, 1.54) is 6.20 Å². The number of fused-ring (bicyclic) bond motifs is 3. The lowest BCUT2D eigenvalue weighted by atomic mass is 9.94. The number of primary amides is 1. The van der Waals surface area contributed by atoms with Crippen molar-refractivity contribution < 1.29 is 19.4 Å². The molecule has 2 bridgehead atoms. The summed E-state index contributed by atoms with van der Waals surface area (Å²) in [4.78, 5) is 22.3. The molecule has 2 saturated heterocycles. The highest BCUT2D eigenvalue weighted by Gasteiger charge is 2.33. The first kappa shape index (κ1) is 27.1. The average Bonchev–Trinajstić information content (AvgIpc) is 3.35. The second-order valence-electron chi connectivity index (χ2n) is 11.6. The minimum Gasteiger partial charge on any atom is -0.488 e. The fourth-order valence-electron chi connectivity index (χ4n) is 5.57. The topological polar surface area (TPSA) is 140 Å². The van der Waals surface area contributed by atoms with E-state index in [-0.39, 0.29) is 12.6 Å². The fourth-order valence-corrected chi connectivity index (χ4v) is 5.57. The third-order valence-corrected chi connectivity index (χ3v) is 7.39. The van der Waals surface area contributed by atoms with Gasteiger partial charge in [0.1, 0.15) is 17.7 Å². The molecule has 214 valence electrons. The van der Waals surface area contributed by atoms with E-state index >= 15 is 0 Å². The highest BCUT2D eigenvalue weighted by atomic mass is 16.5. The number of ether oxygens (including phenoxy) is 2. The van der Waals surface area contributed by atoms with Crippen LogP contribution in [0.25, 0.3) is 16.6 Å². The van der Waals surface area contributed by atoms with Gasteiger partial charge in [0.25, 0.3) is 0 Å². The third-order valence-electron chi connectivity index (χ3n) is 7.39. The van der Waals surface area contributed by atoms with Crippen molar-refractivity contribution in [1.82, 2.24) is 24.9 Å². The predicted molar refractivity (Wildman–Crippen MR) is 154 cm³/mol. The molecule has 0 radical (unpaired) electrons. The Labute approximate surface area is 238 Å². The second-order valence-corrected chi connectivity index (χ2v) is 11.6. The number of anilines is 2. The standard InChI is InChI=1S/C30H35N7O4/c1-18-8-25(26(14-32-18)41-24-10-21-15-40-16-22(11-24)34-21)19-6-7-37-23(9-19)12-28(35-37)36(17-30(2,3)39)27-5-4-20(13-33-27)29(31)38/h4-9,12-14,21-22,24,34,39H,10-11,15-17H2,1-3H3,(H2,31,38). The Balaban J connectivity index is 1.32. The zero-order chi connectivity index (χ0) is 28.7. The molecule has 0 saturated carbocycles. The van der Waals surface area contributed by atoms with Crippen LogP contribution in [0, 0.1) is 6.92 Å². The van der Waals surface area contributed by atoms with Gasteiger partial charge in [-0.2, -0.15) is 0 Å². The van der Waals surface area contributed by atoms with Crippen LogP contribution in [0.2, 0.25) is 0 Å². The van der Waals surface area contributed by atoms with E-state index in [4.69, 9.17) is 20.3 Å². The number of piperidine rings is 1. The summed E-state index contributed by atoms with van der Waals surface area (Å²) in [6, 6.07) is 12.0. The molecule has 2 aliphatic rings. The quantitative estimate of drug-likeness (QED) is 0.298. The zero-order valence-corrected chi connectivity index (χ0v) is 23.4. The lowest BCUT2D eigenvalue weighted by molar-refractivity contribution is -0.0122. The van der Waals surface area contributed by atoms with Gasteiger partial charge in [-0.3, -0.25) is 9.78 Å². The Hall–Kier alpha value is -4.06. The smallest absolute Gasteiger partial charge is 0.250 e. The molecule has 0 aromatic carbocycles. The van der Waals surface area contributed by atoms with Crippen molar-refractivity contribution in [2.45, 2.75) is 57.4 Å². The number of aromatic nitrogens is 4. The van der Waals surface area contributed by atoms with Gasteiger partial charge in [-0.25, -0.2) is 9.50 Å². The van der Waals surface area contributed by atoms with E-state index in [2.05, 4.69) is 21.4 Å². The molecule has 2 aliphatic heterocycles. The number of hydrogen-bond donors (Lipinski definition) is 3. The maximum absolute atomic E-state index is 11.5. The van der Waals surface area contributed by atoms with Crippen LogP contribution in [0.4, 0.5) is 11.6 Å². The molecule has 6 heterocycles. The molecule has 1 amide bonds. The van der Waals surface area contributed by atoms with Crippen LogP contribution in [0.1, 0.15) is 42.7 Å². The normalized spacial score (nSPS) is 20.6. The molecule has 0 spiro atoms. The summed E-state index contributed by atoms with van der Waals surface area (Å²) in [6.45, 7) is 7.08. The first-order chi connectivity index (χ1) is 19.6. The van der Waals surface area contributed by atoms with Crippen molar-refractivity contribution in [3.8, 4) is 16.9 Å². The van der Waals surface area contributed by atoms with Gasteiger partial charge < -0.3 is 30.5 Å². The van der Waals surface area contributed by atoms with Gasteiger partial charge >= 0.3 is 0 Å². The van der Waals surface area contributed by atoms with Crippen LogP contribution < -0.4 is 20.7 Å². The second kappa shape index (κ2) is 10.7. The third kappa shape index (κ3) is 6.02. The lowest BCUT2D eigenvalue weighted by Crippen LogP contribution is -2.56. The van der Waals surface area contributed by atoms with E-state index in [0.29, 0.717) is 42.5 Å². The van der Waals surface area contributed by atoms with Gasteiger partial charge in [-0.15, -0.1) is 5.10 Å². The van der Waals surface area contributed by atoms with Crippen LogP contribution >= 0.6 is 0 Å².